The molecule has 1 spiro atoms. The van der Waals surface area contributed by atoms with Gasteiger partial charge in [-0.15, -0.1) is 0 Å². The lowest BCUT2D eigenvalue weighted by molar-refractivity contribution is -0.290. The zero-order valence-corrected chi connectivity index (χ0v) is 18.6. The van der Waals surface area contributed by atoms with Crippen LogP contribution in [0.4, 0.5) is 5.69 Å². The molecule has 2 aromatic rings. The lowest BCUT2D eigenvalue weighted by atomic mass is 9.77. The number of nitrogens with zero attached hydrogens (tertiary/aromatic N) is 1. The summed E-state index contributed by atoms with van der Waals surface area (Å²) in [6.45, 7) is 8.40. The van der Waals surface area contributed by atoms with Crippen LogP contribution in [0.25, 0.3) is 0 Å². The van der Waals surface area contributed by atoms with E-state index in [9.17, 15) is 4.79 Å². The van der Waals surface area contributed by atoms with Gasteiger partial charge < -0.3 is 28.6 Å². The molecule has 0 aliphatic carbocycles. The van der Waals surface area contributed by atoms with Gasteiger partial charge in [-0.25, -0.2) is 0 Å². The number of amides is 1. The topological polar surface area (TPSA) is 66.5 Å². The summed E-state index contributed by atoms with van der Waals surface area (Å²) in [6, 6.07) is 11.7. The van der Waals surface area contributed by atoms with E-state index >= 15 is 0 Å². The summed E-state index contributed by atoms with van der Waals surface area (Å²) in [5.41, 5.74) is 1.81. The van der Waals surface area contributed by atoms with Crippen LogP contribution in [-0.2, 0) is 19.7 Å². The third kappa shape index (κ3) is 2.77. The van der Waals surface area contributed by atoms with Gasteiger partial charge in [0.1, 0.15) is 17.8 Å². The molecule has 1 fully saturated rings. The maximum absolute atomic E-state index is 14.0. The van der Waals surface area contributed by atoms with Gasteiger partial charge in [-0.05, 0) is 24.6 Å². The zero-order valence-electron chi connectivity index (χ0n) is 18.6. The number of anilines is 1. The van der Waals surface area contributed by atoms with E-state index in [1.165, 1.54) is 0 Å². The summed E-state index contributed by atoms with van der Waals surface area (Å²) in [6.07, 6.45) is 0.577. The van der Waals surface area contributed by atoms with Crippen molar-refractivity contribution in [2.45, 2.75) is 38.4 Å². The fourth-order valence-electron chi connectivity index (χ4n) is 5.03. The Morgan fingerprint density at radius 3 is 2.38 bits per heavy atom. The molecule has 0 saturated carbocycles. The molecule has 0 radical (unpaired) electrons. The second-order valence-corrected chi connectivity index (χ2v) is 9.99. The number of hydrogen-bond acceptors (Lipinski definition) is 6. The predicted octanol–water partition coefficient (Wildman–Crippen LogP) is 3.62. The first-order valence-corrected chi connectivity index (χ1v) is 11.1. The van der Waals surface area contributed by atoms with Crippen molar-refractivity contribution >= 4 is 11.6 Å². The molecule has 0 aromatic heterocycles. The lowest BCUT2D eigenvalue weighted by Gasteiger charge is -2.42. The number of fused-ring (bicyclic) bond motifs is 5. The Bertz CT molecular complexity index is 1100. The average molecular weight is 437 g/mol. The summed E-state index contributed by atoms with van der Waals surface area (Å²) < 4.78 is 29.3. The van der Waals surface area contributed by atoms with Gasteiger partial charge >= 0.3 is 0 Å². The van der Waals surface area contributed by atoms with E-state index in [2.05, 4.69) is 13.8 Å². The first-order valence-electron chi connectivity index (χ1n) is 11.1. The Hall–Kier alpha value is -2.77. The summed E-state index contributed by atoms with van der Waals surface area (Å²) in [5, 5.41) is 0. The molecule has 4 aliphatic heterocycles. The molecule has 168 valence electrons. The Kier molecular flexibility index (Phi) is 4.11. The Morgan fingerprint density at radius 2 is 1.59 bits per heavy atom. The fraction of sp³-hybridized carbons (Fsp3) is 0.480. The van der Waals surface area contributed by atoms with Crippen molar-refractivity contribution in [2.75, 3.05) is 38.1 Å². The molecule has 0 bridgehead atoms. The number of benzene rings is 2. The molecule has 7 nitrogen and oxygen atoms in total. The molecule has 1 unspecified atom stereocenters. The number of ether oxygens (including phenoxy) is 5. The van der Waals surface area contributed by atoms with Gasteiger partial charge in [0.15, 0.2) is 17.3 Å². The molecule has 4 aliphatic rings. The van der Waals surface area contributed by atoms with Gasteiger partial charge in [-0.3, -0.25) is 4.79 Å². The summed E-state index contributed by atoms with van der Waals surface area (Å²) in [5.74, 6) is 1.27. The molecule has 4 heterocycles. The number of carbonyl (C=O) groups excluding carboxylic acids is 1. The number of hydrogen-bond donors (Lipinski definition) is 0. The first-order chi connectivity index (χ1) is 15.3. The van der Waals surface area contributed by atoms with Gasteiger partial charge in [-0.1, -0.05) is 32.0 Å². The van der Waals surface area contributed by atoms with E-state index in [-0.39, 0.29) is 24.7 Å². The minimum Gasteiger partial charge on any atom is -0.491 e. The van der Waals surface area contributed by atoms with Crippen LogP contribution in [0.5, 0.6) is 17.2 Å². The van der Waals surface area contributed by atoms with Crippen LogP contribution in [0.3, 0.4) is 0 Å². The molecule has 0 N–H and O–H groups in total. The second-order valence-electron chi connectivity index (χ2n) is 9.99. The van der Waals surface area contributed by atoms with E-state index in [1.54, 1.807) is 0 Å². The molecular formula is C25H27NO6. The van der Waals surface area contributed by atoms with Crippen molar-refractivity contribution < 1.29 is 28.5 Å². The molecule has 6 rings (SSSR count). The zero-order chi connectivity index (χ0) is 22.1. The molecule has 7 heteroatoms. The number of rotatable bonds is 3. The highest BCUT2D eigenvalue weighted by molar-refractivity contribution is 6.11. The van der Waals surface area contributed by atoms with Crippen molar-refractivity contribution in [3.63, 3.8) is 0 Å². The number of para-hydroxylation sites is 1. The number of carbonyl (C=O) groups is 1. The minimum absolute atomic E-state index is 0.00340. The third-order valence-corrected chi connectivity index (χ3v) is 6.97. The quantitative estimate of drug-likeness (QED) is 0.731. The summed E-state index contributed by atoms with van der Waals surface area (Å²) in [4.78, 5) is 15.9. The van der Waals surface area contributed by atoms with Crippen LogP contribution in [0.1, 0.15) is 38.3 Å². The molecule has 1 amide bonds. The molecule has 1 saturated heterocycles. The Balaban J connectivity index is 1.34. The highest BCUT2D eigenvalue weighted by Crippen LogP contribution is 2.55. The van der Waals surface area contributed by atoms with Gasteiger partial charge in [-0.2, -0.15) is 0 Å². The van der Waals surface area contributed by atoms with E-state index in [1.807, 2.05) is 48.2 Å². The van der Waals surface area contributed by atoms with Crippen molar-refractivity contribution in [2.24, 2.45) is 5.41 Å². The summed E-state index contributed by atoms with van der Waals surface area (Å²) in [7, 11) is 0. The maximum Gasteiger partial charge on any atom is 0.245 e. The normalized spacial score (nSPS) is 26.2. The largest absolute Gasteiger partial charge is 0.491 e. The van der Waals surface area contributed by atoms with Crippen LogP contribution in [0, 0.1) is 5.41 Å². The smallest absolute Gasteiger partial charge is 0.245 e. The van der Waals surface area contributed by atoms with E-state index in [4.69, 9.17) is 23.7 Å². The van der Waals surface area contributed by atoms with Crippen molar-refractivity contribution in [3.8, 4) is 17.2 Å². The van der Waals surface area contributed by atoms with E-state index in [0.717, 1.165) is 16.8 Å². The van der Waals surface area contributed by atoms with Crippen LogP contribution < -0.4 is 19.1 Å². The van der Waals surface area contributed by atoms with Gasteiger partial charge in [0.2, 0.25) is 12.7 Å². The molecular weight excluding hydrogens is 410 g/mol. The highest BCUT2D eigenvalue weighted by Gasteiger charge is 2.57. The average Bonchev–Trinajstić information content (AvgIpc) is 3.45. The Labute approximate surface area is 187 Å². The molecule has 2 aromatic carbocycles. The van der Waals surface area contributed by atoms with Gasteiger partial charge in [0, 0.05) is 35.7 Å². The van der Waals surface area contributed by atoms with Crippen LogP contribution in [0.15, 0.2) is 36.4 Å². The third-order valence-electron chi connectivity index (χ3n) is 6.97. The Morgan fingerprint density at radius 1 is 0.875 bits per heavy atom. The predicted molar refractivity (Wildman–Crippen MR) is 116 cm³/mol. The van der Waals surface area contributed by atoms with Crippen LogP contribution in [-0.4, -0.2) is 44.9 Å². The first kappa shape index (κ1) is 19.9. The van der Waals surface area contributed by atoms with Gasteiger partial charge in [0.05, 0.1) is 13.2 Å². The maximum atomic E-state index is 14.0. The standard InChI is InChI=1S/C25H27NO6/c1-23(2)12-31-24(3,32-13-23)8-9-26-18-7-5-4-6-16(18)25(22(26)27)14-28-19-11-21-20(10-17(19)25)29-15-30-21/h4-7,10-11H,8-9,12-15H2,1-3H3. The fourth-order valence-corrected chi connectivity index (χ4v) is 5.03. The monoisotopic (exact) mass is 437 g/mol. The molecule has 1 atom stereocenters. The van der Waals surface area contributed by atoms with Crippen LogP contribution >= 0.6 is 0 Å². The van der Waals surface area contributed by atoms with Gasteiger partial charge in [0.25, 0.3) is 0 Å². The molecule has 32 heavy (non-hydrogen) atoms. The van der Waals surface area contributed by atoms with Crippen LogP contribution in [0.2, 0.25) is 0 Å². The minimum atomic E-state index is -0.885. The van der Waals surface area contributed by atoms with E-state index in [0.29, 0.717) is 43.4 Å². The van der Waals surface area contributed by atoms with Crippen molar-refractivity contribution in [1.82, 2.24) is 0 Å². The second kappa shape index (κ2) is 6.62. The van der Waals surface area contributed by atoms with Crippen molar-refractivity contribution in [3.05, 3.63) is 47.5 Å². The highest BCUT2D eigenvalue weighted by atomic mass is 16.7. The van der Waals surface area contributed by atoms with E-state index < -0.39 is 11.2 Å². The summed E-state index contributed by atoms with van der Waals surface area (Å²) >= 11 is 0. The lowest BCUT2D eigenvalue weighted by Crippen LogP contribution is -2.48. The SMILES string of the molecule is CC1(C)COC(C)(CCN2C(=O)C3(COc4cc5c(cc43)OCO5)c3ccccc32)OC1. The van der Waals surface area contributed by atoms with Crippen molar-refractivity contribution in [1.29, 1.82) is 0 Å².